The molecule has 2 aliphatic rings. The predicted molar refractivity (Wildman–Crippen MR) is 75.6 cm³/mol. The summed E-state index contributed by atoms with van der Waals surface area (Å²) in [7, 11) is 0. The SMILES string of the molecule is CC(O)C1CCN(C(=O)c2cn3c(n2)NCCC3)CC1. The molecule has 0 aliphatic carbocycles. The minimum Gasteiger partial charge on any atom is -0.393 e. The molecule has 6 nitrogen and oxygen atoms in total. The molecule has 0 bridgehead atoms. The quantitative estimate of drug-likeness (QED) is 0.844. The fourth-order valence-electron chi connectivity index (χ4n) is 3.03. The zero-order valence-corrected chi connectivity index (χ0v) is 11.9. The number of aryl methyl sites for hydroxylation is 1. The van der Waals surface area contributed by atoms with Gasteiger partial charge in [-0.2, -0.15) is 0 Å². The molecule has 1 aromatic heterocycles. The summed E-state index contributed by atoms with van der Waals surface area (Å²) in [5.74, 6) is 1.13. The summed E-state index contributed by atoms with van der Waals surface area (Å²) in [6, 6.07) is 0. The van der Waals surface area contributed by atoms with Crippen LogP contribution in [0.5, 0.6) is 0 Å². The number of aliphatic hydroxyl groups excluding tert-OH is 1. The van der Waals surface area contributed by atoms with Crippen LogP contribution < -0.4 is 5.32 Å². The lowest BCUT2D eigenvalue weighted by Crippen LogP contribution is -2.40. The Kier molecular flexibility index (Phi) is 3.65. The molecule has 1 unspecified atom stereocenters. The fraction of sp³-hybridized carbons (Fsp3) is 0.714. The third kappa shape index (κ3) is 2.52. The van der Waals surface area contributed by atoms with Gasteiger partial charge < -0.3 is 19.9 Å². The van der Waals surface area contributed by atoms with E-state index in [-0.39, 0.29) is 12.0 Å². The van der Waals surface area contributed by atoms with Crippen molar-refractivity contribution in [3.05, 3.63) is 11.9 Å². The van der Waals surface area contributed by atoms with Crippen LogP contribution in [0.3, 0.4) is 0 Å². The first-order valence-electron chi connectivity index (χ1n) is 7.43. The van der Waals surface area contributed by atoms with Gasteiger partial charge in [-0.15, -0.1) is 0 Å². The summed E-state index contributed by atoms with van der Waals surface area (Å²) in [5.41, 5.74) is 0.532. The Hall–Kier alpha value is -1.56. The minimum atomic E-state index is -0.281. The van der Waals surface area contributed by atoms with Gasteiger partial charge in [0.1, 0.15) is 5.69 Å². The standard InChI is InChI=1S/C14H22N4O2/c1-10(19)11-3-7-17(8-4-11)13(20)12-9-18-6-2-5-15-14(18)16-12/h9-11,19H,2-8H2,1H3,(H,15,16). The van der Waals surface area contributed by atoms with Gasteiger partial charge in [0.2, 0.25) is 5.95 Å². The largest absolute Gasteiger partial charge is 0.393 e. The van der Waals surface area contributed by atoms with E-state index in [2.05, 4.69) is 10.3 Å². The molecule has 3 rings (SSSR count). The maximum atomic E-state index is 12.5. The Morgan fingerprint density at radius 1 is 1.45 bits per heavy atom. The Morgan fingerprint density at radius 2 is 2.20 bits per heavy atom. The van der Waals surface area contributed by atoms with E-state index < -0.39 is 0 Å². The van der Waals surface area contributed by atoms with E-state index >= 15 is 0 Å². The average Bonchev–Trinajstić information content (AvgIpc) is 2.90. The summed E-state index contributed by atoms with van der Waals surface area (Å²) in [6.45, 7) is 5.10. The second-order valence-electron chi connectivity index (χ2n) is 5.79. The maximum absolute atomic E-state index is 12.5. The number of anilines is 1. The van der Waals surface area contributed by atoms with Crippen molar-refractivity contribution in [1.82, 2.24) is 14.5 Å². The topological polar surface area (TPSA) is 70.4 Å². The van der Waals surface area contributed by atoms with Gasteiger partial charge in [0, 0.05) is 32.4 Å². The Bertz CT molecular complexity index is 466. The van der Waals surface area contributed by atoms with Gasteiger partial charge in [-0.25, -0.2) is 4.98 Å². The molecule has 0 spiro atoms. The molecule has 2 N–H and O–H groups in total. The van der Waals surface area contributed by atoms with Crippen molar-refractivity contribution in [2.45, 2.75) is 38.8 Å². The first-order valence-corrected chi connectivity index (χ1v) is 7.43. The van der Waals surface area contributed by atoms with E-state index in [1.54, 1.807) is 0 Å². The van der Waals surface area contributed by atoms with Crippen LogP contribution in [-0.4, -0.2) is 51.2 Å². The van der Waals surface area contributed by atoms with Crippen molar-refractivity contribution in [2.75, 3.05) is 25.0 Å². The third-order valence-electron chi connectivity index (χ3n) is 4.36. The van der Waals surface area contributed by atoms with Gasteiger partial charge >= 0.3 is 0 Å². The van der Waals surface area contributed by atoms with Gasteiger partial charge in [0.15, 0.2) is 0 Å². The van der Waals surface area contributed by atoms with Crippen LogP contribution >= 0.6 is 0 Å². The van der Waals surface area contributed by atoms with E-state index in [0.29, 0.717) is 24.7 Å². The molecule has 0 radical (unpaired) electrons. The number of fused-ring (bicyclic) bond motifs is 1. The first-order chi connectivity index (χ1) is 9.65. The number of carbonyl (C=O) groups excluding carboxylic acids is 1. The lowest BCUT2D eigenvalue weighted by atomic mass is 9.92. The molecule has 1 aromatic rings. The predicted octanol–water partition coefficient (Wildman–Crippen LogP) is 0.932. The van der Waals surface area contributed by atoms with Crippen molar-refractivity contribution in [3.63, 3.8) is 0 Å². The number of nitrogens with one attached hydrogen (secondary N) is 1. The highest BCUT2D eigenvalue weighted by Gasteiger charge is 2.27. The normalized spacial score (nSPS) is 21.2. The molecule has 1 fully saturated rings. The third-order valence-corrected chi connectivity index (χ3v) is 4.36. The fourth-order valence-corrected chi connectivity index (χ4v) is 3.03. The number of aromatic nitrogens is 2. The highest BCUT2D eigenvalue weighted by Crippen LogP contribution is 2.22. The lowest BCUT2D eigenvalue weighted by Gasteiger charge is -2.32. The monoisotopic (exact) mass is 278 g/mol. The Labute approximate surface area is 118 Å². The van der Waals surface area contributed by atoms with Gasteiger partial charge in [-0.1, -0.05) is 0 Å². The van der Waals surface area contributed by atoms with Crippen molar-refractivity contribution in [1.29, 1.82) is 0 Å². The van der Waals surface area contributed by atoms with Crippen LogP contribution in [0.2, 0.25) is 0 Å². The van der Waals surface area contributed by atoms with Gasteiger partial charge in [0.25, 0.3) is 5.91 Å². The number of piperidine rings is 1. The maximum Gasteiger partial charge on any atom is 0.274 e. The average molecular weight is 278 g/mol. The molecule has 3 heterocycles. The van der Waals surface area contributed by atoms with E-state index in [9.17, 15) is 9.90 Å². The summed E-state index contributed by atoms with van der Waals surface area (Å²) in [5, 5.41) is 12.8. The Balaban J connectivity index is 1.66. The van der Waals surface area contributed by atoms with Gasteiger partial charge in [-0.05, 0) is 32.1 Å². The number of nitrogens with zero attached hydrogens (tertiary/aromatic N) is 3. The van der Waals surface area contributed by atoms with Crippen LogP contribution in [0.15, 0.2) is 6.20 Å². The molecular formula is C14H22N4O2. The second-order valence-corrected chi connectivity index (χ2v) is 5.79. The molecule has 1 atom stereocenters. The van der Waals surface area contributed by atoms with Gasteiger partial charge in [0.05, 0.1) is 6.10 Å². The molecule has 1 amide bonds. The smallest absolute Gasteiger partial charge is 0.274 e. The van der Waals surface area contributed by atoms with E-state index in [1.807, 2.05) is 22.6 Å². The van der Waals surface area contributed by atoms with Crippen LogP contribution in [0.25, 0.3) is 0 Å². The lowest BCUT2D eigenvalue weighted by molar-refractivity contribution is 0.0517. The van der Waals surface area contributed by atoms with E-state index in [0.717, 1.165) is 38.3 Å². The molecule has 6 heteroatoms. The highest BCUT2D eigenvalue weighted by molar-refractivity contribution is 5.92. The van der Waals surface area contributed by atoms with Crippen molar-refractivity contribution < 1.29 is 9.90 Å². The summed E-state index contributed by atoms with van der Waals surface area (Å²) >= 11 is 0. The molecule has 110 valence electrons. The van der Waals surface area contributed by atoms with Crippen LogP contribution in [0.1, 0.15) is 36.7 Å². The molecule has 0 aromatic carbocycles. The van der Waals surface area contributed by atoms with Crippen LogP contribution in [0.4, 0.5) is 5.95 Å². The zero-order chi connectivity index (χ0) is 14.1. The molecular weight excluding hydrogens is 256 g/mol. The summed E-state index contributed by atoms with van der Waals surface area (Å²) in [6.07, 6.45) is 4.38. The van der Waals surface area contributed by atoms with E-state index in [4.69, 9.17) is 0 Å². The number of hydrogen-bond donors (Lipinski definition) is 2. The first kappa shape index (κ1) is 13.4. The number of rotatable bonds is 2. The Morgan fingerprint density at radius 3 is 2.85 bits per heavy atom. The number of hydrogen-bond acceptors (Lipinski definition) is 4. The summed E-state index contributed by atoms with van der Waals surface area (Å²) in [4.78, 5) is 18.7. The number of carbonyl (C=O) groups is 1. The van der Waals surface area contributed by atoms with Crippen molar-refractivity contribution >= 4 is 11.9 Å². The molecule has 1 saturated heterocycles. The summed E-state index contributed by atoms with van der Waals surface area (Å²) < 4.78 is 2.01. The van der Waals surface area contributed by atoms with Crippen LogP contribution in [0, 0.1) is 5.92 Å². The second kappa shape index (κ2) is 5.44. The zero-order valence-electron chi connectivity index (χ0n) is 11.9. The van der Waals surface area contributed by atoms with Crippen molar-refractivity contribution in [3.8, 4) is 0 Å². The highest BCUT2D eigenvalue weighted by atomic mass is 16.3. The minimum absolute atomic E-state index is 0.0118. The number of imidazole rings is 1. The van der Waals surface area contributed by atoms with Gasteiger partial charge in [-0.3, -0.25) is 4.79 Å². The van der Waals surface area contributed by atoms with Crippen LogP contribution in [-0.2, 0) is 6.54 Å². The van der Waals surface area contributed by atoms with E-state index in [1.165, 1.54) is 0 Å². The number of aliphatic hydroxyl groups is 1. The van der Waals surface area contributed by atoms with Crippen molar-refractivity contribution in [2.24, 2.45) is 5.92 Å². The molecule has 2 aliphatic heterocycles. The molecule has 20 heavy (non-hydrogen) atoms. The molecule has 0 saturated carbocycles. The number of amides is 1. The number of likely N-dealkylation sites (tertiary alicyclic amines) is 1.